The molecule has 0 fully saturated rings. The van der Waals surface area contributed by atoms with Crippen molar-refractivity contribution < 1.29 is 14.6 Å². The zero-order valence-electron chi connectivity index (χ0n) is 15.2. The van der Waals surface area contributed by atoms with E-state index in [9.17, 15) is 9.90 Å². The lowest BCUT2D eigenvalue weighted by Gasteiger charge is -2.05. The van der Waals surface area contributed by atoms with Crippen LogP contribution in [0.25, 0.3) is 11.6 Å². The van der Waals surface area contributed by atoms with Crippen LogP contribution in [0.2, 0.25) is 0 Å². The van der Waals surface area contributed by atoms with Crippen molar-refractivity contribution in [1.82, 2.24) is 4.57 Å². The Bertz CT molecular complexity index is 941. The average Bonchev–Trinajstić information content (AvgIpc) is 3.18. The Kier molecular flexibility index (Phi) is 6.58. The first kappa shape index (κ1) is 19.5. The number of unbranched alkanes of at least 4 members (excludes halogenated alkanes) is 2. The average molecular weight is 403 g/mol. The summed E-state index contributed by atoms with van der Waals surface area (Å²) in [5.41, 5.74) is 2.97. The number of aliphatic imine (C=N–C) groups is 1. The molecule has 7 heteroatoms. The monoisotopic (exact) mass is 402 g/mol. The van der Waals surface area contributed by atoms with Gasteiger partial charge in [-0.3, -0.25) is 14.4 Å². The molecule has 142 valence electrons. The van der Waals surface area contributed by atoms with Crippen LogP contribution >= 0.6 is 23.6 Å². The smallest absolute Gasteiger partial charge is 0.305 e. The zero-order valence-corrected chi connectivity index (χ0v) is 16.8. The van der Waals surface area contributed by atoms with E-state index in [1.165, 1.54) is 11.3 Å². The van der Waals surface area contributed by atoms with Gasteiger partial charge < -0.3 is 9.84 Å². The van der Waals surface area contributed by atoms with E-state index < -0.39 is 0 Å². The molecule has 0 amide bonds. The number of allylic oxidation sites excluding steroid dienone is 1. The predicted octanol–water partition coefficient (Wildman–Crippen LogP) is 5.36. The first-order valence-corrected chi connectivity index (χ1v) is 10.3. The fourth-order valence-electron chi connectivity index (χ4n) is 2.95. The Hall–Kier alpha value is -2.25. The fraction of sp³-hybridized carbons (Fsp3) is 0.350. The third-order valence-electron chi connectivity index (χ3n) is 4.31. The van der Waals surface area contributed by atoms with Crippen LogP contribution in [0.15, 0.2) is 29.3 Å². The van der Waals surface area contributed by atoms with Gasteiger partial charge in [-0.15, -0.1) is 11.3 Å². The van der Waals surface area contributed by atoms with Gasteiger partial charge in [-0.2, -0.15) is 0 Å². The topological polar surface area (TPSA) is 63.8 Å². The van der Waals surface area contributed by atoms with Crippen LogP contribution in [0.5, 0.6) is 5.88 Å². The van der Waals surface area contributed by atoms with Gasteiger partial charge in [-0.1, -0.05) is 24.6 Å². The normalized spacial score (nSPS) is 13.9. The number of nitrogens with zero attached hydrogens (tertiary/aromatic N) is 2. The third kappa shape index (κ3) is 4.73. The molecule has 0 saturated carbocycles. The Morgan fingerprint density at radius 3 is 2.96 bits per heavy atom. The highest BCUT2D eigenvalue weighted by Crippen LogP contribution is 2.35. The van der Waals surface area contributed by atoms with Crippen LogP contribution in [0, 0.1) is 3.95 Å². The number of hydrogen-bond acceptors (Lipinski definition) is 6. The van der Waals surface area contributed by atoms with Gasteiger partial charge in [-0.25, -0.2) is 0 Å². The molecule has 1 aliphatic heterocycles. The highest BCUT2D eigenvalue weighted by Gasteiger charge is 2.15. The summed E-state index contributed by atoms with van der Waals surface area (Å²) in [5.74, 6) is 0.0422. The maximum absolute atomic E-state index is 11.3. The molecule has 0 bridgehead atoms. The first-order chi connectivity index (χ1) is 13.1. The minimum Gasteiger partial charge on any atom is -0.493 e. The summed E-state index contributed by atoms with van der Waals surface area (Å²) >= 11 is 6.81. The molecule has 27 heavy (non-hydrogen) atoms. The molecule has 2 heterocycles. The molecule has 1 aromatic heterocycles. The van der Waals surface area contributed by atoms with Gasteiger partial charge >= 0.3 is 5.97 Å². The van der Waals surface area contributed by atoms with Crippen LogP contribution in [0.3, 0.4) is 0 Å². The Morgan fingerprint density at radius 1 is 1.33 bits per heavy atom. The molecular formula is C20H22N2O3S2. The number of fused-ring (bicyclic) bond motifs is 1. The SMILES string of the molecule is CCOC(=O)CCCCCn1c(O)c(/C=C2\C=Nc3ccccc32)sc1=S. The van der Waals surface area contributed by atoms with E-state index in [2.05, 4.69) is 4.99 Å². The number of carbonyl (C=O) groups is 1. The molecule has 1 aromatic carbocycles. The Morgan fingerprint density at radius 2 is 2.15 bits per heavy atom. The number of esters is 1. The number of hydrogen-bond donors (Lipinski definition) is 1. The van der Waals surface area contributed by atoms with Crippen molar-refractivity contribution in [2.24, 2.45) is 4.99 Å². The molecule has 3 rings (SSSR count). The van der Waals surface area contributed by atoms with Gasteiger partial charge in [0, 0.05) is 30.3 Å². The number of carbonyl (C=O) groups excluding carboxylic acids is 1. The van der Waals surface area contributed by atoms with Crippen LogP contribution < -0.4 is 0 Å². The number of rotatable bonds is 8. The lowest BCUT2D eigenvalue weighted by Crippen LogP contribution is -2.03. The largest absolute Gasteiger partial charge is 0.493 e. The van der Waals surface area contributed by atoms with Crippen molar-refractivity contribution in [3.8, 4) is 5.88 Å². The minimum atomic E-state index is -0.153. The van der Waals surface area contributed by atoms with E-state index in [0.717, 1.165) is 41.0 Å². The van der Waals surface area contributed by atoms with Crippen LogP contribution in [0.4, 0.5) is 5.69 Å². The fourth-order valence-corrected chi connectivity index (χ4v) is 4.26. The quantitative estimate of drug-likeness (QED) is 0.366. The van der Waals surface area contributed by atoms with Crippen molar-refractivity contribution in [3.05, 3.63) is 38.7 Å². The number of thiazole rings is 1. The molecule has 0 radical (unpaired) electrons. The maximum Gasteiger partial charge on any atom is 0.305 e. The van der Waals surface area contributed by atoms with E-state index in [4.69, 9.17) is 17.0 Å². The molecule has 0 unspecified atom stereocenters. The summed E-state index contributed by atoms with van der Waals surface area (Å²) in [7, 11) is 0. The molecule has 5 nitrogen and oxygen atoms in total. The summed E-state index contributed by atoms with van der Waals surface area (Å²) in [6.45, 7) is 2.87. The number of aromatic hydroxyl groups is 1. The van der Waals surface area contributed by atoms with Crippen molar-refractivity contribution in [2.45, 2.75) is 39.2 Å². The van der Waals surface area contributed by atoms with Gasteiger partial charge in [0.25, 0.3) is 0 Å². The molecular weight excluding hydrogens is 380 g/mol. The number of para-hydroxylation sites is 1. The van der Waals surface area contributed by atoms with Gasteiger partial charge in [0.2, 0.25) is 5.88 Å². The summed E-state index contributed by atoms with van der Waals surface area (Å²) < 4.78 is 7.33. The lowest BCUT2D eigenvalue weighted by atomic mass is 10.1. The minimum absolute atomic E-state index is 0.153. The number of benzene rings is 1. The van der Waals surface area contributed by atoms with Gasteiger partial charge in [0.05, 0.1) is 17.2 Å². The summed E-state index contributed by atoms with van der Waals surface area (Å²) in [5, 5.41) is 10.6. The summed E-state index contributed by atoms with van der Waals surface area (Å²) in [6, 6.07) is 7.92. The van der Waals surface area contributed by atoms with E-state index in [-0.39, 0.29) is 11.8 Å². The van der Waals surface area contributed by atoms with E-state index in [1.54, 1.807) is 4.57 Å². The molecule has 1 aliphatic rings. The first-order valence-electron chi connectivity index (χ1n) is 9.03. The van der Waals surface area contributed by atoms with E-state index >= 15 is 0 Å². The van der Waals surface area contributed by atoms with E-state index in [0.29, 0.717) is 23.5 Å². The second-order valence-electron chi connectivity index (χ2n) is 6.20. The second-order valence-corrected chi connectivity index (χ2v) is 7.87. The van der Waals surface area contributed by atoms with Gasteiger partial charge in [0.1, 0.15) is 0 Å². The Labute approximate surface area is 167 Å². The summed E-state index contributed by atoms with van der Waals surface area (Å²) in [4.78, 5) is 16.5. The summed E-state index contributed by atoms with van der Waals surface area (Å²) in [6.07, 6.45) is 6.69. The maximum atomic E-state index is 11.3. The van der Waals surface area contributed by atoms with Gasteiger partial charge in [0.15, 0.2) is 3.95 Å². The molecule has 0 spiro atoms. The highest BCUT2D eigenvalue weighted by molar-refractivity contribution is 7.73. The predicted molar refractivity (Wildman–Crippen MR) is 112 cm³/mol. The molecule has 0 saturated heterocycles. The molecule has 0 atom stereocenters. The number of aromatic nitrogens is 1. The van der Waals surface area contributed by atoms with Crippen molar-refractivity contribution in [3.63, 3.8) is 0 Å². The zero-order chi connectivity index (χ0) is 19.2. The molecule has 1 N–H and O–H groups in total. The van der Waals surface area contributed by atoms with Crippen LogP contribution in [-0.2, 0) is 16.1 Å². The van der Waals surface area contributed by atoms with Crippen molar-refractivity contribution >= 4 is 53.1 Å². The third-order valence-corrected chi connectivity index (χ3v) is 5.69. The van der Waals surface area contributed by atoms with Crippen molar-refractivity contribution in [1.29, 1.82) is 0 Å². The van der Waals surface area contributed by atoms with Crippen LogP contribution in [0.1, 0.15) is 43.0 Å². The number of ether oxygens (including phenoxy) is 1. The molecule has 2 aromatic rings. The van der Waals surface area contributed by atoms with E-state index in [1.807, 2.05) is 43.5 Å². The van der Waals surface area contributed by atoms with Gasteiger partial charge in [-0.05, 0) is 44.1 Å². The molecule has 0 aliphatic carbocycles. The van der Waals surface area contributed by atoms with Crippen molar-refractivity contribution in [2.75, 3.05) is 6.61 Å². The highest BCUT2D eigenvalue weighted by atomic mass is 32.1. The van der Waals surface area contributed by atoms with Crippen LogP contribution in [-0.4, -0.2) is 28.5 Å². The standard InChI is InChI=1S/C20H22N2O3S2/c1-2-25-18(23)10-4-3-7-11-22-19(24)17(27-20(22)26)12-14-13-21-16-9-6-5-8-15(14)16/h5-6,8-9,12-13,24H,2-4,7,10-11H2,1H3/b14-12+. The Balaban J connectivity index is 1.63. The second kappa shape index (κ2) is 9.10. The lowest BCUT2D eigenvalue weighted by molar-refractivity contribution is -0.143.